The number of hydrogen-bond acceptors (Lipinski definition) is 6. The van der Waals surface area contributed by atoms with E-state index in [1.807, 2.05) is 30.3 Å². The van der Waals surface area contributed by atoms with Gasteiger partial charge in [0, 0.05) is 23.2 Å². The largest absolute Gasteiger partial charge is 0.490 e. The van der Waals surface area contributed by atoms with E-state index in [1.54, 1.807) is 42.5 Å². The first kappa shape index (κ1) is 27.1. The van der Waals surface area contributed by atoms with Crippen molar-refractivity contribution in [2.24, 2.45) is 0 Å². The maximum Gasteiger partial charge on any atom is 0.490 e. The second kappa shape index (κ2) is 10.5. The summed E-state index contributed by atoms with van der Waals surface area (Å²) in [7, 11) is 1.27. The summed E-state index contributed by atoms with van der Waals surface area (Å²) in [6.07, 6.45) is -5.73. The number of aliphatic carboxylic acids is 1. The number of amides is 2. The average molecular weight is 542 g/mol. The van der Waals surface area contributed by atoms with Crippen LogP contribution in [0.25, 0.3) is 11.0 Å². The number of hydrogen-bond donors (Lipinski definition) is 4. The molecule has 0 spiro atoms. The first-order chi connectivity index (χ1) is 18.4. The number of methoxy groups -OCH3 is 1. The number of halogens is 3. The minimum atomic E-state index is -5.08. The number of H-pyrrole nitrogens is 1. The third-order valence-corrected chi connectivity index (χ3v) is 5.89. The zero-order valence-electron chi connectivity index (χ0n) is 20.2. The number of aromatic amines is 1. The van der Waals surface area contributed by atoms with Crippen molar-refractivity contribution in [1.29, 1.82) is 0 Å². The second-order valence-corrected chi connectivity index (χ2v) is 8.33. The Morgan fingerprint density at radius 2 is 1.72 bits per heavy atom. The molecule has 4 aromatic rings. The predicted octanol–water partition coefficient (Wildman–Crippen LogP) is 4.22. The molecule has 10 nitrogen and oxygen atoms in total. The van der Waals surface area contributed by atoms with Crippen molar-refractivity contribution in [2.45, 2.75) is 18.4 Å². The molecule has 0 saturated heterocycles. The van der Waals surface area contributed by atoms with E-state index in [1.165, 1.54) is 12.0 Å². The number of carbonyl (C=O) groups is 3. The molecule has 39 heavy (non-hydrogen) atoms. The molecule has 0 bridgehead atoms. The average Bonchev–Trinajstić information content (AvgIpc) is 3.41. The van der Waals surface area contributed by atoms with Gasteiger partial charge < -0.3 is 19.9 Å². The van der Waals surface area contributed by atoms with Gasteiger partial charge in [0.15, 0.2) is 5.72 Å². The summed E-state index contributed by atoms with van der Waals surface area (Å²) in [5.41, 5.74) is 1.91. The number of aliphatic hydroxyl groups is 1. The van der Waals surface area contributed by atoms with Crippen molar-refractivity contribution in [2.75, 3.05) is 12.4 Å². The second-order valence-electron chi connectivity index (χ2n) is 8.33. The van der Waals surface area contributed by atoms with Gasteiger partial charge in [-0.2, -0.15) is 13.2 Å². The molecule has 0 saturated carbocycles. The molecule has 2 amide bonds. The highest BCUT2D eigenvalue weighted by molar-refractivity contribution is 6.00. The number of ether oxygens (including phenoxy) is 1. The van der Waals surface area contributed by atoms with Crippen LogP contribution in [0.4, 0.5) is 23.9 Å². The number of carboxylic acids is 1. The summed E-state index contributed by atoms with van der Waals surface area (Å²) in [6.45, 7) is 0.237. The first-order valence-corrected chi connectivity index (χ1v) is 11.3. The SMILES string of the molecule is COC(=O)Nc1nc2ccc(C3(O)c4ccccc4C(=O)N3Cc3ccccc3)cc2[nH]1.O=C(O)C(F)(F)F. The van der Waals surface area contributed by atoms with Crippen LogP contribution in [0.15, 0.2) is 72.8 Å². The van der Waals surface area contributed by atoms with Gasteiger partial charge in [0.2, 0.25) is 5.95 Å². The summed E-state index contributed by atoms with van der Waals surface area (Å²) in [5, 5.41) is 21.7. The van der Waals surface area contributed by atoms with Gasteiger partial charge in [-0.05, 0) is 23.8 Å². The number of imidazole rings is 1. The molecule has 1 atom stereocenters. The van der Waals surface area contributed by atoms with E-state index < -0.39 is 24.0 Å². The van der Waals surface area contributed by atoms with E-state index >= 15 is 0 Å². The van der Waals surface area contributed by atoms with E-state index in [9.17, 15) is 27.9 Å². The third-order valence-electron chi connectivity index (χ3n) is 5.89. The number of carboxylic acid groups (broad SMARTS) is 1. The van der Waals surface area contributed by atoms with Crippen LogP contribution in [-0.4, -0.2) is 56.3 Å². The Morgan fingerprint density at radius 1 is 1.08 bits per heavy atom. The first-order valence-electron chi connectivity index (χ1n) is 11.3. The Morgan fingerprint density at radius 3 is 2.36 bits per heavy atom. The number of nitrogens with zero attached hydrogens (tertiary/aromatic N) is 2. The molecule has 1 aromatic heterocycles. The number of benzene rings is 3. The molecule has 0 aliphatic carbocycles. The molecule has 13 heteroatoms. The molecule has 1 unspecified atom stereocenters. The lowest BCUT2D eigenvalue weighted by Gasteiger charge is -2.35. The Balaban J connectivity index is 0.000000448. The molecule has 0 radical (unpaired) electrons. The minimum Gasteiger partial charge on any atom is -0.475 e. The van der Waals surface area contributed by atoms with Crippen molar-refractivity contribution in [3.8, 4) is 0 Å². The number of alkyl halides is 3. The van der Waals surface area contributed by atoms with Gasteiger partial charge in [0.05, 0.1) is 18.1 Å². The molecular formula is C26H21F3N4O6. The minimum absolute atomic E-state index is 0.222. The van der Waals surface area contributed by atoms with Crippen LogP contribution < -0.4 is 5.32 Å². The standard InChI is InChI=1S/C24H20N4O4.C2HF3O2/c1-32-23(30)27-22-25-19-12-11-16(13-20(19)26-22)24(31)18-10-6-5-9-17(18)21(29)28(24)14-15-7-3-2-4-8-15;3-2(4,5)1(6)7/h2-13,31H,14H2,1H3,(H2,25,26,27,30);(H,6,7). The molecular weight excluding hydrogens is 521 g/mol. The maximum atomic E-state index is 13.3. The molecule has 4 N–H and O–H groups in total. The van der Waals surface area contributed by atoms with E-state index in [0.717, 1.165) is 5.56 Å². The van der Waals surface area contributed by atoms with Crippen LogP contribution in [0.5, 0.6) is 0 Å². The Bertz CT molecular complexity index is 1540. The molecule has 3 aromatic carbocycles. The van der Waals surface area contributed by atoms with Gasteiger partial charge in [0.25, 0.3) is 5.91 Å². The normalized spacial score (nSPS) is 16.3. The van der Waals surface area contributed by atoms with E-state index in [0.29, 0.717) is 27.7 Å². The lowest BCUT2D eigenvalue weighted by molar-refractivity contribution is -0.192. The third kappa shape index (κ3) is 5.38. The zero-order valence-corrected chi connectivity index (χ0v) is 20.2. The van der Waals surface area contributed by atoms with Gasteiger partial charge in [-0.3, -0.25) is 15.0 Å². The maximum absolute atomic E-state index is 13.3. The van der Waals surface area contributed by atoms with E-state index in [2.05, 4.69) is 20.0 Å². The Hall–Kier alpha value is -4.91. The fourth-order valence-electron chi connectivity index (χ4n) is 4.11. The van der Waals surface area contributed by atoms with Crippen LogP contribution in [-0.2, 0) is 21.8 Å². The van der Waals surface area contributed by atoms with Gasteiger partial charge in [-0.25, -0.2) is 14.6 Å². The van der Waals surface area contributed by atoms with Crippen molar-refractivity contribution in [3.63, 3.8) is 0 Å². The highest BCUT2D eigenvalue weighted by atomic mass is 19.4. The van der Waals surface area contributed by atoms with E-state index in [-0.39, 0.29) is 18.4 Å². The lowest BCUT2D eigenvalue weighted by atomic mass is 9.93. The quantitative estimate of drug-likeness (QED) is 0.302. The number of aromatic nitrogens is 2. The number of anilines is 1. The van der Waals surface area contributed by atoms with Gasteiger partial charge in [-0.1, -0.05) is 54.6 Å². The fourth-order valence-corrected chi connectivity index (χ4v) is 4.11. The molecule has 2 heterocycles. The van der Waals surface area contributed by atoms with Crippen LogP contribution >= 0.6 is 0 Å². The van der Waals surface area contributed by atoms with Gasteiger partial charge in [0.1, 0.15) is 0 Å². The molecule has 1 aliphatic heterocycles. The summed E-state index contributed by atoms with van der Waals surface area (Å²) in [6, 6.07) is 21.8. The number of carbonyl (C=O) groups excluding carboxylic acids is 2. The number of fused-ring (bicyclic) bond motifs is 2. The fraction of sp³-hybridized carbons (Fsp3) is 0.154. The topological polar surface area (TPSA) is 145 Å². The summed E-state index contributed by atoms with van der Waals surface area (Å²) in [5.74, 6) is -2.78. The highest BCUT2D eigenvalue weighted by Gasteiger charge is 2.49. The van der Waals surface area contributed by atoms with Crippen molar-refractivity contribution < 1.29 is 42.5 Å². The number of rotatable bonds is 4. The van der Waals surface area contributed by atoms with Crippen LogP contribution in [0.3, 0.4) is 0 Å². The van der Waals surface area contributed by atoms with E-state index in [4.69, 9.17) is 9.90 Å². The summed E-state index contributed by atoms with van der Waals surface area (Å²) >= 11 is 0. The lowest BCUT2D eigenvalue weighted by Crippen LogP contribution is -2.44. The summed E-state index contributed by atoms with van der Waals surface area (Å²) in [4.78, 5) is 42.5. The smallest absolute Gasteiger partial charge is 0.475 e. The zero-order chi connectivity index (χ0) is 28.4. The van der Waals surface area contributed by atoms with Crippen LogP contribution in [0, 0.1) is 0 Å². The van der Waals surface area contributed by atoms with Crippen molar-refractivity contribution in [3.05, 3.63) is 95.1 Å². The van der Waals surface area contributed by atoms with Gasteiger partial charge >= 0.3 is 18.2 Å². The molecule has 202 valence electrons. The number of nitrogens with one attached hydrogen (secondary N) is 2. The monoisotopic (exact) mass is 542 g/mol. The Labute approximate surface area is 218 Å². The highest BCUT2D eigenvalue weighted by Crippen LogP contribution is 2.43. The van der Waals surface area contributed by atoms with Crippen molar-refractivity contribution in [1.82, 2.24) is 14.9 Å². The van der Waals surface area contributed by atoms with Gasteiger partial charge in [-0.15, -0.1) is 0 Å². The Kier molecular flexibility index (Phi) is 7.27. The molecule has 0 fully saturated rings. The predicted molar refractivity (Wildman–Crippen MR) is 132 cm³/mol. The molecule has 5 rings (SSSR count). The molecule has 1 aliphatic rings. The van der Waals surface area contributed by atoms with Crippen LogP contribution in [0.1, 0.15) is 27.0 Å². The summed E-state index contributed by atoms with van der Waals surface area (Å²) < 4.78 is 36.3. The van der Waals surface area contributed by atoms with Crippen LogP contribution in [0.2, 0.25) is 0 Å². The van der Waals surface area contributed by atoms with Crippen molar-refractivity contribution >= 4 is 35.0 Å².